The van der Waals surface area contributed by atoms with Crippen molar-refractivity contribution in [3.63, 3.8) is 0 Å². The van der Waals surface area contributed by atoms with Gasteiger partial charge in [0.1, 0.15) is 0 Å². The fraction of sp³-hybridized carbons (Fsp3) is 0.926. The zero-order valence-electron chi connectivity index (χ0n) is 19.5. The third-order valence-corrected chi connectivity index (χ3v) is 10.7. The second kappa shape index (κ2) is 7.09. The van der Waals surface area contributed by atoms with Crippen LogP contribution in [0, 0.1) is 46.3 Å². The van der Waals surface area contributed by atoms with Crippen LogP contribution in [0.3, 0.4) is 0 Å². The maximum absolute atomic E-state index is 10.2. The third-order valence-electron chi connectivity index (χ3n) is 10.7. The minimum Gasteiger partial charge on any atom is -0.393 e. The fourth-order valence-corrected chi connectivity index (χ4v) is 9.16. The van der Waals surface area contributed by atoms with Crippen LogP contribution in [-0.4, -0.2) is 23.4 Å². The second-order valence-corrected chi connectivity index (χ2v) is 12.5. The Hall–Kier alpha value is -0.340. The molecule has 0 amide bonds. The summed E-state index contributed by atoms with van der Waals surface area (Å²) in [4.78, 5) is 0. The predicted octanol–water partition coefficient (Wildman–Crippen LogP) is 6.38. The lowest BCUT2D eigenvalue weighted by atomic mass is 9.47. The van der Waals surface area contributed by atoms with Gasteiger partial charge in [-0.25, -0.2) is 0 Å². The Morgan fingerprint density at radius 2 is 1.97 bits per heavy atom. The van der Waals surface area contributed by atoms with Gasteiger partial charge in [0, 0.05) is 0 Å². The van der Waals surface area contributed by atoms with Crippen LogP contribution >= 0.6 is 0 Å². The van der Waals surface area contributed by atoms with Crippen molar-refractivity contribution in [1.29, 1.82) is 0 Å². The molecule has 1 aliphatic heterocycles. The van der Waals surface area contributed by atoms with E-state index in [1.807, 2.05) is 0 Å². The lowest BCUT2D eigenvalue weighted by molar-refractivity contribution is -0.0589. The molecule has 1 N–H and O–H groups in total. The van der Waals surface area contributed by atoms with Gasteiger partial charge in [-0.2, -0.15) is 0 Å². The summed E-state index contributed by atoms with van der Waals surface area (Å²) < 4.78 is 6.78. The Morgan fingerprint density at radius 3 is 2.72 bits per heavy atom. The molecule has 0 aromatic heterocycles. The van der Waals surface area contributed by atoms with E-state index in [9.17, 15) is 5.11 Å². The van der Waals surface area contributed by atoms with Gasteiger partial charge in [0.15, 0.2) is 0 Å². The molecule has 1 saturated heterocycles. The molecule has 0 aromatic carbocycles. The highest BCUT2D eigenvalue weighted by atomic mass is 16.5. The highest BCUT2D eigenvalue weighted by Gasteiger charge is 2.64. The molecule has 0 bridgehead atoms. The van der Waals surface area contributed by atoms with Crippen LogP contribution in [0.2, 0.25) is 0 Å². The molecule has 2 heteroatoms. The maximum Gasteiger partial charge on any atom is 0.0618 e. The number of ether oxygens (including phenoxy) is 1. The van der Waals surface area contributed by atoms with Crippen molar-refractivity contribution in [2.75, 3.05) is 0 Å². The molecule has 0 radical (unpaired) electrons. The van der Waals surface area contributed by atoms with Crippen LogP contribution in [0.25, 0.3) is 0 Å². The first-order valence-electron chi connectivity index (χ1n) is 12.8. The number of aliphatic hydroxyl groups excluding tert-OH is 1. The average molecular weight is 401 g/mol. The van der Waals surface area contributed by atoms with Crippen LogP contribution in [0.15, 0.2) is 11.6 Å². The van der Waals surface area contributed by atoms with E-state index in [0.717, 1.165) is 48.3 Å². The first-order valence-corrected chi connectivity index (χ1v) is 12.8. The number of hydrogen-bond donors (Lipinski definition) is 1. The molecular weight excluding hydrogens is 356 g/mol. The van der Waals surface area contributed by atoms with Crippen molar-refractivity contribution in [3.8, 4) is 0 Å². The SMILES string of the molecule is CC(C)CCC1OC2CC3C4CC=C5CC(O)CCC5(C)C4CCC3(C)C2C1C. The highest BCUT2D eigenvalue weighted by molar-refractivity contribution is 5.26. The first-order chi connectivity index (χ1) is 13.7. The Balaban J connectivity index is 1.37. The van der Waals surface area contributed by atoms with E-state index in [1.165, 1.54) is 44.9 Å². The summed E-state index contributed by atoms with van der Waals surface area (Å²) in [5.74, 6) is 4.79. The van der Waals surface area contributed by atoms with E-state index in [0.29, 0.717) is 23.0 Å². The van der Waals surface area contributed by atoms with Gasteiger partial charge < -0.3 is 9.84 Å². The lowest BCUT2D eigenvalue weighted by Gasteiger charge is -2.58. The van der Waals surface area contributed by atoms with Gasteiger partial charge in [-0.15, -0.1) is 0 Å². The van der Waals surface area contributed by atoms with Crippen molar-refractivity contribution in [3.05, 3.63) is 11.6 Å². The second-order valence-electron chi connectivity index (χ2n) is 12.5. The Labute approximate surface area is 178 Å². The minimum atomic E-state index is -0.0948. The summed E-state index contributed by atoms with van der Waals surface area (Å²) in [6.45, 7) is 12.4. The van der Waals surface area contributed by atoms with Gasteiger partial charge in [-0.1, -0.05) is 46.3 Å². The fourth-order valence-electron chi connectivity index (χ4n) is 9.16. The van der Waals surface area contributed by atoms with E-state index >= 15 is 0 Å². The monoisotopic (exact) mass is 400 g/mol. The zero-order chi connectivity index (χ0) is 20.6. The summed E-state index contributed by atoms with van der Waals surface area (Å²) in [5, 5.41) is 10.2. The largest absolute Gasteiger partial charge is 0.393 e. The van der Waals surface area contributed by atoms with Gasteiger partial charge in [-0.3, -0.25) is 0 Å². The van der Waals surface area contributed by atoms with Crippen LogP contribution in [0.5, 0.6) is 0 Å². The molecule has 4 fully saturated rings. The summed E-state index contributed by atoms with van der Waals surface area (Å²) in [6.07, 6.45) is 14.5. The Morgan fingerprint density at radius 1 is 1.17 bits per heavy atom. The highest BCUT2D eigenvalue weighted by Crippen LogP contribution is 2.69. The molecule has 10 unspecified atom stereocenters. The Bertz CT molecular complexity index is 667. The molecule has 5 rings (SSSR count). The third kappa shape index (κ3) is 3.02. The number of aliphatic hydroxyl groups is 1. The number of rotatable bonds is 3. The molecule has 29 heavy (non-hydrogen) atoms. The molecule has 4 aliphatic carbocycles. The minimum absolute atomic E-state index is 0.0948. The molecule has 0 aromatic rings. The smallest absolute Gasteiger partial charge is 0.0618 e. The van der Waals surface area contributed by atoms with E-state index in [1.54, 1.807) is 5.57 Å². The van der Waals surface area contributed by atoms with Crippen molar-refractivity contribution >= 4 is 0 Å². The normalized spacial score (nSPS) is 53.8. The van der Waals surface area contributed by atoms with Gasteiger partial charge in [-0.05, 0) is 104 Å². The van der Waals surface area contributed by atoms with Crippen LogP contribution in [0.4, 0.5) is 0 Å². The van der Waals surface area contributed by atoms with Crippen LogP contribution < -0.4 is 0 Å². The molecule has 3 saturated carbocycles. The summed E-state index contributed by atoms with van der Waals surface area (Å²) >= 11 is 0. The summed E-state index contributed by atoms with van der Waals surface area (Å²) in [5.41, 5.74) is 2.43. The van der Waals surface area contributed by atoms with Gasteiger partial charge in [0.05, 0.1) is 18.3 Å². The molecule has 2 nitrogen and oxygen atoms in total. The van der Waals surface area contributed by atoms with Gasteiger partial charge >= 0.3 is 0 Å². The summed E-state index contributed by atoms with van der Waals surface area (Å²) in [6, 6.07) is 0. The molecule has 5 aliphatic rings. The lowest BCUT2D eigenvalue weighted by Crippen LogP contribution is -2.51. The van der Waals surface area contributed by atoms with E-state index in [-0.39, 0.29) is 6.10 Å². The molecule has 1 heterocycles. The van der Waals surface area contributed by atoms with Crippen molar-refractivity contribution < 1.29 is 9.84 Å². The number of hydrogen-bond acceptors (Lipinski definition) is 2. The van der Waals surface area contributed by atoms with E-state index < -0.39 is 0 Å². The topological polar surface area (TPSA) is 29.5 Å². The van der Waals surface area contributed by atoms with E-state index in [4.69, 9.17) is 4.74 Å². The van der Waals surface area contributed by atoms with Gasteiger partial charge in [0.25, 0.3) is 0 Å². The molecule has 164 valence electrons. The molecule has 10 atom stereocenters. The number of allylic oxidation sites excluding steroid dienone is 1. The van der Waals surface area contributed by atoms with Crippen molar-refractivity contribution in [2.45, 2.75) is 111 Å². The summed E-state index contributed by atoms with van der Waals surface area (Å²) in [7, 11) is 0. The number of fused-ring (bicyclic) bond motifs is 7. The van der Waals surface area contributed by atoms with Crippen LogP contribution in [-0.2, 0) is 4.74 Å². The zero-order valence-corrected chi connectivity index (χ0v) is 19.5. The molecular formula is C27H44O2. The van der Waals surface area contributed by atoms with Crippen molar-refractivity contribution in [2.24, 2.45) is 46.3 Å². The van der Waals surface area contributed by atoms with Crippen molar-refractivity contribution in [1.82, 2.24) is 0 Å². The Kier molecular flexibility index (Phi) is 5.03. The standard InChI is InChI=1S/C27H44O2/c1-16(2)6-9-23-17(3)25-24(29-23)15-22-20-8-7-18-14-19(28)10-12-26(18,4)21(20)11-13-27(22,25)5/h7,16-17,19-25,28H,6,8-15H2,1-5H3. The first kappa shape index (κ1) is 20.6. The predicted molar refractivity (Wildman–Crippen MR) is 118 cm³/mol. The van der Waals surface area contributed by atoms with Crippen LogP contribution in [0.1, 0.15) is 92.4 Å². The average Bonchev–Trinajstić information content (AvgIpc) is 3.14. The van der Waals surface area contributed by atoms with Gasteiger partial charge in [0.2, 0.25) is 0 Å². The van der Waals surface area contributed by atoms with E-state index in [2.05, 4.69) is 40.7 Å². The quantitative estimate of drug-likeness (QED) is 0.557. The molecule has 0 spiro atoms. The maximum atomic E-state index is 10.2.